The lowest BCUT2D eigenvalue weighted by atomic mass is 10.2. The number of halogens is 2. The molecule has 0 radical (unpaired) electrons. The van der Waals surface area contributed by atoms with E-state index in [2.05, 4.69) is 15.2 Å². The van der Waals surface area contributed by atoms with E-state index in [0.717, 1.165) is 21.8 Å². The van der Waals surface area contributed by atoms with E-state index in [4.69, 9.17) is 28.9 Å². The third kappa shape index (κ3) is 2.32. The third-order valence-electron chi connectivity index (χ3n) is 2.62. The van der Waals surface area contributed by atoms with Crippen molar-refractivity contribution in [3.63, 3.8) is 0 Å². The summed E-state index contributed by atoms with van der Waals surface area (Å²) in [4.78, 5) is 4.53. The molecule has 0 spiro atoms. The maximum atomic E-state index is 6.00. The topological polar surface area (TPSA) is 67.6 Å². The van der Waals surface area contributed by atoms with Crippen molar-refractivity contribution in [2.24, 2.45) is 0 Å². The summed E-state index contributed by atoms with van der Waals surface area (Å²) in [6.45, 7) is 0. The minimum Gasteiger partial charge on any atom is -0.383 e. The van der Waals surface area contributed by atoms with Gasteiger partial charge in [-0.2, -0.15) is 5.10 Å². The second kappa shape index (κ2) is 4.85. The van der Waals surface area contributed by atoms with Crippen LogP contribution in [0.2, 0.25) is 10.0 Å². The molecule has 2 aromatic heterocycles. The summed E-state index contributed by atoms with van der Waals surface area (Å²) in [6.07, 6.45) is 1.66. The third-order valence-corrected chi connectivity index (χ3v) is 4.23. The molecular formula is C12H8Cl2N4S. The molecule has 3 N–H and O–H groups in total. The Hall–Kier alpha value is -1.56. The summed E-state index contributed by atoms with van der Waals surface area (Å²) in [5.41, 5.74) is 8.32. The Labute approximate surface area is 123 Å². The number of hydrogen-bond donors (Lipinski definition) is 2. The zero-order valence-corrected chi connectivity index (χ0v) is 11.9. The van der Waals surface area contributed by atoms with Gasteiger partial charge in [-0.1, -0.05) is 29.3 Å². The molecule has 0 aliphatic carbocycles. The molecule has 0 unspecified atom stereocenters. The van der Waals surface area contributed by atoms with Crippen LogP contribution in [0.3, 0.4) is 0 Å². The van der Waals surface area contributed by atoms with Gasteiger partial charge in [-0.25, -0.2) is 4.98 Å². The molecule has 0 bridgehead atoms. The lowest BCUT2D eigenvalue weighted by Crippen LogP contribution is -1.87. The molecule has 3 rings (SSSR count). The molecule has 0 amide bonds. The number of nitrogens with two attached hydrogens (primary N) is 1. The van der Waals surface area contributed by atoms with Crippen molar-refractivity contribution >= 4 is 40.4 Å². The molecule has 0 saturated carbocycles. The molecule has 1 aromatic carbocycles. The first-order valence-corrected chi connectivity index (χ1v) is 6.99. The van der Waals surface area contributed by atoms with Crippen LogP contribution in [0.4, 0.5) is 5.82 Å². The van der Waals surface area contributed by atoms with Crippen molar-refractivity contribution in [3.8, 4) is 21.8 Å². The highest BCUT2D eigenvalue weighted by Crippen LogP contribution is 2.33. The highest BCUT2D eigenvalue weighted by molar-refractivity contribution is 7.13. The Kier molecular flexibility index (Phi) is 3.18. The first-order valence-electron chi connectivity index (χ1n) is 5.35. The van der Waals surface area contributed by atoms with Gasteiger partial charge < -0.3 is 5.73 Å². The zero-order chi connectivity index (χ0) is 13.4. The fraction of sp³-hybridized carbons (Fsp3) is 0. The lowest BCUT2D eigenvalue weighted by molar-refractivity contribution is 1.10. The van der Waals surface area contributed by atoms with Crippen molar-refractivity contribution in [2.45, 2.75) is 0 Å². The number of hydrogen-bond acceptors (Lipinski definition) is 4. The van der Waals surface area contributed by atoms with Crippen molar-refractivity contribution in [1.29, 1.82) is 0 Å². The number of aromatic amines is 1. The second-order valence-electron chi connectivity index (χ2n) is 3.86. The SMILES string of the molecule is Nc1[nH]ncc1-c1nc(-c2ccc(Cl)c(Cl)c2)cs1. The average molecular weight is 311 g/mol. The van der Waals surface area contributed by atoms with E-state index in [1.807, 2.05) is 11.4 Å². The average Bonchev–Trinajstić information content (AvgIpc) is 3.01. The quantitative estimate of drug-likeness (QED) is 0.749. The normalized spacial score (nSPS) is 10.8. The van der Waals surface area contributed by atoms with Crippen LogP contribution in [0.1, 0.15) is 0 Å². The van der Waals surface area contributed by atoms with Crippen LogP contribution in [0.15, 0.2) is 29.8 Å². The van der Waals surface area contributed by atoms with Crippen LogP contribution in [-0.4, -0.2) is 15.2 Å². The van der Waals surface area contributed by atoms with Crippen LogP contribution in [-0.2, 0) is 0 Å². The number of aromatic nitrogens is 3. The zero-order valence-electron chi connectivity index (χ0n) is 9.52. The molecule has 4 nitrogen and oxygen atoms in total. The molecule has 0 fully saturated rings. The van der Waals surface area contributed by atoms with Crippen molar-refractivity contribution in [2.75, 3.05) is 5.73 Å². The van der Waals surface area contributed by atoms with Gasteiger partial charge >= 0.3 is 0 Å². The van der Waals surface area contributed by atoms with Gasteiger partial charge in [0.1, 0.15) is 10.8 Å². The van der Waals surface area contributed by atoms with Crippen LogP contribution in [0.25, 0.3) is 21.8 Å². The van der Waals surface area contributed by atoms with Gasteiger partial charge in [-0.05, 0) is 12.1 Å². The Morgan fingerprint density at radius 3 is 2.74 bits per heavy atom. The van der Waals surface area contributed by atoms with Crippen molar-refractivity contribution in [3.05, 3.63) is 39.8 Å². The van der Waals surface area contributed by atoms with E-state index in [9.17, 15) is 0 Å². The Morgan fingerprint density at radius 2 is 2.05 bits per heavy atom. The number of nitrogens with one attached hydrogen (secondary N) is 1. The molecule has 0 atom stereocenters. The second-order valence-corrected chi connectivity index (χ2v) is 5.54. The molecule has 96 valence electrons. The number of thiazole rings is 1. The summed E-state index contributed by atoms with van der Waals surface area (Å²) < 4.78 is 0. The van der Waals surface area contributed by atoms with Gasteiger partial charge in [-0.3, -0.25) is 5.10 Å². The minimum atomic E-state index is 0.509. The van der Waals surface area contributed by atoms with Crippen LogP contribution < -0.4 is 5.73 Å². The Morgan fingerprint density at radius 1 is 1.21 bits per heavy atom. The monoisotopic (exact) mass is 310 g/mol. The van der Waals surface area contributed by atoms with Gasteiger partial charge in [0.05, 0.1) is 27.5 Å². The largest absolute Gasteiger partial charge is 0.383 e. The molecule has 3 aromatic rings. The van der Waals surface area contributed by atoms with Gasteiger partial charge in [0.2, 0.25) is 0 Å². The van der Waals surface area contributed by atoms with Crippen LogP contribution in [0.5, 0.6) is 0 Å². The highest BCUT2D eigenvalue weighted by Gasteiger charge is 2.11. The van der Waals surface area contributed by atoms with Crippen molar-refractivity contribution in [1.82, 2.24) is 15.2 Å². The summed E-state index contributed by atoms with van der Waals surface area (Å²) in [7, 11) is 0. The van der Waals surface area contributed by atoms with E-state index in [1.165, 1.54) is 11.3 Å². The number of rotatable bonds is 2. The van der Waals surface area contributed by atoms with E-state index in [0.29, 0.717) is 15.9 Å². The van der Waals surface area contributed by atoms with Crippen LogP contribution in [0, 0.1) is 0 Å². The summed E-state index contributed by atoms with van der Waals surface area (Å²) in [6, 6.07) is 5.43. The Balaban J connectivity index is 2.01. The van der Waals surface area contributed by atoms with E-state index >= 15 is 0 Å². The molecular weight excluding hydrogens is 303 g/mol. The number of H-pyrrole nitrogens is 1. The predicted octanol–water partition coefficient (Wildman–Crippen LogP) is 4.09. The van der Waals surface area contributed by atoms with Crippen molar-refractivity contribution < 1.29 is 0 Å². The fourth-order valence-electron chi connectivity index (χ4n) is 1.65. The summed E-state index contributed by atoms with van der Waals surface area (Å²) in [5.74, 6) is 0.509. The molecule has 0 aliphatic rings. The van der Waals surface area contributed by atoms with Gasteiger partial charge in [0.25, 0.3) is 0 Å². The summed E-state index contributed by atoms with van der Waals surface area (Å²) >= 11 is 13.4. The summed E-state index contributed by atoms with van der Waals surface area (Å²) in [5, 5.41) is 10.4. The van der Waals surface area contributed by atoms with Gasteiger partial charge in [-0.15, -0.1) is 11.3 Å². The van der Waals surface area contributed by atoms with E-state index in [-0.39, 0.29) is 0 Å². The lowest BCUT2D eigenvalue weighted by Gasteiger charge is -1.99. The Bertz CT molecular complexity index is 735. The highest BCUT2D eigenvalue weighted by atomic mass is 35.5. The fourth-order valence-corrected chi connectivity index (χ4v) is 2.80. The smallest absolute Gasteiger partial charge is 0.129 e. The number of anilines is 1. The van der Waals surface area contributed by atoms with Gasteiger partial charge in [0, 0.05) is 10.9 Å². The molecule has 0 saturated heterocycles. The maximum Gasteiger partial charge on any atom is 0.129 e. The maximum absolute atomic E-state index is 6.00. The molecule has 19 heavy (non-hydrogen) atoms. The standard InChI is InChI=1S/C12H8Cl2N4S/c13-8-2-1-6(3-9(8)14)10-5-19-12(17-10)7-4-16-18-11(7)15/h1-5H,(H3,15,16,18). The molecule has 0 aliphatic heterocycles. The molecule has 2 heterocycles. The first kappa shape index (κ1) is 12.5. The number of nitrogen functional groups attached to an aromatic ring is 1. The first-order chi connectivity index (χ1) is 9.15. The van der Waals surface area contributed by atoms with Crippen LogP contribution >= 0.6 is 34.5 Å². The number of benzene rings is 1. The van der Waals surface area contributed by atoms with E-state index < -0.39 is 0 Å². The minimum absolute atomic E-state index is 0.509. The van der Waals surface area contributed by atoms with Gasteiger partial charge in [0.15, 0.2) is 0 Å². The predicted molar refractivity (Wildman–Crippen MR) is 79.6 cm³/mol. The molecule has 7 heteroatoms. The van der Waals surface area contributed by atoms with E-state index in [1.54, 1.807) is 18.3 Å². The number of nitrogens with zero attached hydrogens (tertiary/aromatic N) is 2.